The van der Waals surface area contributed by atoms with E-state index in [2.05, 4.69) is 10.6 Å². The van der Waals surface area contributed by atoms with Crippen LogP contribution in [0.4, 0.5) is 11.4 Å². The second kappa shape index (κ2) is 7.83. The van der Waals surface area contributed by atoms with Gasteiger partial charge < -0.3 is 15.5 Å². The Morgan fingerprint density at radius 2 is 1.96 bits per heavy atom. The predicted molar refractivity (Wildman–Crippen MR) is 97.7 cm³/mol. The normalized spacial score (nSPS) is 22.2. The summed E-state index contributed by atoms with van der Waals surface area (Å²) in [6, 6.07) is 12.5. The molecule has 0 spiro atoms. The number of hydrogen-bond acceptors (Lipinski definition) is 7. The summed E-state index contributed by atoms with van der Waals surface area (Å²) in [7, 11) is 0. The zero-order chi connectivity index (χ0) is 18.7. The first-order chi connectivity index (χ1) is 12.4. The molecule has 0 aliphatic carbocycles. The minimum Gasteiger partial charge on any atom is -0.377 e. The van der Waals surface area contributed by atoms with Crippen LogP contribution < -0.4 is 10.6 Å². The highest BCUT2D eigenvalue weighted by molar-refractivity contribution is 8.00. The highest BCUT2D eigenvalue weighted by atomic mass is 32.2. The number of nitro groups is 1. The number of nitro benzene ring substituents is 1. The highest BCUT2D eigenvalue weighted by Crippen LogP contribution is 2.28. The van der Waals surface area contributed by atoms with Gasteiger partial charge in [-0.05, 0) is 36.2 Å². The number of nitrogens with one attached hydrogen (secondary N) is 2. The topological polar surface area (TPSA) is 125 Å². The molecule has 3 rings (SSSR count). The molecule has 2 aromatic carbocycles. The van der Waals surface area contributed by atoms with Gasteiger partial charge in [0.2, 0.25) is 0 Å². The maximum absolute atomic E-state index is 12.3. The molecule has 2 aromatic rings. The maximum Gasteiger partial charge on any atom is 0.269 e. The van der Waals surface area contributed by atoms with E-state index in [-0.39, 0.29) is 16.8 Å². The molecule has 1 aliphatic heterocycles. The van der Waals surface area contributed by atoms with Gasteiger partial charge in [-0.25, -0.2) is 0 Å². The maximum atomic E-state index is 12.3. The minimum absolute atomic E-state index is 0.0769. The van der Waals surface area contributed by atoms with Crippen molar-refractivity contribution in [2.75, 3.05) is 5.32 Å². The molecule has 0 aromatic heterocycles. The summed E-state index contributed by atoms with van der Waals surface area (Å²) < 4.78 is 0. The molecule has 1 amide bonds. The number of nitrogens with zero attached hydrogens (tertiary/aromatic N) is 1. The van der Waals surface area contributed by atoms with E-state index in [0.717, 1.165) is 5.56 Å². The smallest absolute Gasteiger partial charge is 0.269 e. The summed E-state index contributed by atoms with van der Waals surface area (Å²) >= 11 is 1.24. The summed E-state index contributed by atoms with van der Waals surface area (Å²) in [6.45, 7) is 0. The van der Waals surface area contributed by atoms with Crippen molar-refractivity contribution in [1.82, 2.24) is 5.32 Å². The van der Waals surface area contributed by atoms with E-state index in [1.165, 1.54) is 36.0 Å². The molecule has 1 heterocycles. The van der Waals surface area contributed by atoms with Gasteiger partial charge in [-0.2, -0.15) is 0 Å². The Hall–Kier alpha value is -2.46. The van der Waals surface area contributed by atoms with E-state index < -0.39 is 16.7 Å². The molecule has 8 nitrogen and oxygen atoms in total. The van der Waals surface area contributed by atoms with Crippen LogP contribution in [0.2, 0.25) is 0 Å². The standard InChI is InChI=1S/C17H17N3O5S/c21-15(11-4-6-13(7-5-11)20(24)25)18-12-3-1-2-10(8-12)9-14-16(22)19-17(23)26-14/h1-8,14,16-17,19,22-23H,9H2,(H,18,21). The van der Waals surface area contributed by atoms with Crippen LogP contribution in [0.15, 0.2) is 48.5 Å². The van der Waals surface area contributed by atoms with Crippen LogP contribution in [0.3, 0.4) is 0 Å². The third kappa shape index (κ3) is 4.38. The summed E-state index contributed by atoms with van der Waals surface area (Å²) in [5.41, 5.74) is 0.929. The molecule has 0 radical (unpaired) electrons. The van der Waals surface area contributed by atoms with Crippen LogP contribution in [0.5, 0.6) is 0 Å². The van der Waals surface area contributed by atoms with Crippen molar-refractivity contribution < 1.29 is 19.9 Å². The SMILES string of the molecule is O=C(Nc1cccc(CC2SC(O)NC2O)c1)c1ccc([N+](=O)[O-])cc1. The Balaban J connectivity index is 1.66. The number of hydrogen-bond donors (Lipinski definition) is 4. The lowest BCUT2D eigenvalue weighted by atomic mass is 10.1. The highest BCUT2D eigenvalue weighted by Gasteiger charge is 2.31. The van der Waals surface area contributed by atoms with Crippen molar-refractivity contribution in [2.45, 2.75) is 23.5 Å². The number of amides is 1. The van der Waals surface area contributed by atoms with E-state index >= 15 is 0 Å². The molecular formula is C17H17N3O5S. The number of carbonyl (C=O) groups is 1. The minimum atomic E-state index is -0.798. The van der Waals surface area contributed by atoms with Gasteiger partial charge in [-0.1, -0.05) is 12.1 Å². The zero-order valence-corrected chi connectivity index (χ0v) is 14.3. The van der Waals surface area contributed by atoms with E-state index in [0.29, 0.717) is 17.7 Å². The monoisotopic (exact) mass is 375 g/mol. The molecule has 0 bridgehead atoms. The van der Waals surface area contributed by atoms with Gasteiger partial charge in [-0.3, -0.25) is 20.2 Å². The summed E-state index contributed by atoms with van der Waals surface area (Å²) in [5, 5.41) is 35.2. The Morgan fingerprint density at radius 1 is 1.23 bits per heavy atom. The fourth-order valence-corrected chi connectivity index (χ4v) is 3.70. The van der Waals surface area contributed by atoms with Crippen LogP contribution in [0.1, 0.15) is 15.9 Å². The first-order valence-corrected chi connectivity index (χ1v) is 8.79. The van der Waals surface area contributed by atoms with Crippen molar-refractivity contribution in [3.8, 4) is 0 Å². The van der Waals surface area contributed by atoms with E-state index in [4.69, 9.17) is 0 Å². The van der Waals surface area contributed by atoms with Crippen LogP contribution >= 0.6 is 11.8 Å². The number of anilines is 1. The van der Waals surface area contributed by atoms with Gasteiger partial charge in [-0.15, -0.1) is 11.8 Å². The summed E-state index contributed by atoms with van der Waals surface area (Å²) in [5.74, 6) is -0.371. The molecule has 1 aliphatic rings. The summed E-state index contributed by atoms with van der Waals surface area (Å²) in [6.07, 6.45) is -0.273. The van der Waals surface area contributed by atoms with Gasteiger partial charge >= 0.3 is 0 Å². The lowest BCUT2D eigenvalue weighted by Crippen LogP contribution is -2.33. The Bertz CT molecular complexity index is 814. The van der Waals surface area contributed by atoms with Gasteiger partial charge in [0, 0.05) is 23.4 Å². The number of rotatable bonds is 5. The predicted octanol–water partition coefficient (Wildman–Crippen LogP) is 1.69. The second-order valence-electron chi connectivity index (χ2n) is 5.80. The zero-order valence-electron chi connectivity index (χ0n) is 13.5. The Labute approximate surface area is 153 Å². The second-order valence-corrected chi connectivity index (χ2v) is 7.13. The first kappa shape index (κ1) is 18.3. The quantitative estimate of drug-likeness (QED) is 0.463. The largest absolute Gasteiger partial charge is 0.377 e. The van der Waals surface area contributed by atoms with Crippen molar-refractivity contribution in [1.29, 1.82) is 0 Å². The average molecular weight is 375 g/mol. The molecular weight excluding hydrogens is 358 g/mol. The van der Waals surface area contributed by atoms with Gasteiger partial charge in [0.25, 0.3) is 11.6 Å². The third-order valence-electron chi connectivity index (χ3n) is 3.93. The Morgan fingerprint density at radius 3 is 2.58 bits per heavy atom. The van der Waals surface area contributed by atoms with E-state index in [1.54, 1.807) is 18.2 Å². The van der Waals surface area contributed by atoms with Gasteiger partial charge in [0.1, 0.15) is 6.23 Å². The first-order valence-electron chi connectivity index (χ1n) is 7.85. The van der Waals surface area contributed by atoms with Crippen LogP contribution in [0, 0.1) is 10.1 Å². The van der Waals surface area contributed by atoms with Crippen LogP contribution in [-0.4, -0.2) is 38.1 Å². The Kier molecular flexibility index (Phi) is 5.52. The van der Waals surface area contributed by atoms with E-state index in [1.807, 2.05) is 6.07 Å². The number of benzene rings is 2. The molecule has 0 saturated carbocycles. The molecule has 4 N–H and O–H groups in total. The van der Waals surface area contributed by atoms with Crippen molar-refractivity contribution in [2.24, 2.45) is 0 Å². The lowest BCUT2D eigenvalue weighted by molar-refractivity contribution is -0.384. The number of aliphatic hydroxyl groups is 2. The van der Waals surface area contributed by atoms with Gasteiger partial charge in [0.05, 0.1) is 10.2 Å². The lowest BCUT2D eigenvalue weighted by Gasteiger charge is -2.13. The number of non-ortho nitro benzene ring substituents is 1. The molecule has 3 unspecified atom stereocenters. The van der Waals surface area contributed by atoms with Gasteiger partial charge in [0.15, 0.2) is 5.56 Å². The molecule has 3 atom stereocenters. The molecule has 136 valence electrons. The average Bonchev–Trinajstić information content (AvgIpc) is 2.92. The third-order valence-corrected chi connectivity index (χ3v) is 5.10. The molecule has 9 heteroatoms. The fourth-order valence-electron chi connectivity index (χ4n) is 2.64. The van der Waals surface area contributed by atoms with Crippen molar-refractivity contribution in [3.05, 3.63) is 69.8 Å². The van der Waals surface area contributed by atoms with Crippen molar-refractivity contribution >= 4 is 29.0 Å². The molecule has 1 fully saturated rings. The van der Waals surface area contributed by atoms with E-state index in [9.17, 15) is 25.1 Å². The van der Waals surface area contributed by atoms with Crippen molar-refractivity contribution in [3.63, 3.8) is 0 Å². The number of carbonyl (C=O) groups excluding carboxylic acids is 1. The molecule has 1 saturated heterocycles. The van der Waals surface area contributed by atoms with Crippen LogP contribution in [0.25, 0.3) is 0 Å². The summed E-state index contributed by atoms with van der Waals surface area (Å²) in [4.78, 5) is 22.4. The molecule has 26 heavy (non-hydrogen) atoms. The number of aliphatic hydroxyl groups excluding tert-OH is 2. The fraction of sp³-hybridized carbons (Fsp3) is 0.235. The van der Waals surface area contributed by atoms with Crippen LogP contribution in [-0.2, 0) is 6.42 Å². The number of thioether (sulfide) groups is 1.